The lowest BCUT2D eigenvalue weighted by atomic mass is 9.94. The molecule has 0 bridgehead atoms. The summed E-state index contributed by atoms with van der Waals surface area (Å²) >= 11 is 0. The van der Waals surface area contributed by atoms with Crippen LogP contribution in [0.25, 0.3) is 10.8 Å². The van der Waals surface area contributed by atoms with E-state index in [4.69, 9.17) is 10.5 Å². The molecule has 1 atom stereocenters. The number of hydrogen-bond acceptors (Lipinski definition) is 3. The van der Waals surface area contributed by atoms with Gasteiger partial charge < -0.3 is 15.6 Å². The van der Waals surface area contributed by atoms with Crippen molar-refractivity contribution in [3.8, 4) is 5.75 Å². The van der Waals surface area contributed by atoms with Crippen LogP contribution in [-0.2, 0) is 6.42 Å². The standard InChI is InChI=1S/C20H29NO2/c1-3-4-5-12-23-19-9-8-17-13-16(6-7-18(17)14-19)10-11-20(2,21)15-22/h6-9,13-14,22H,3-5,10-12,15,21H2,1-2H3. The Bertz CT molecular complexity index is 622. The number of ether oxygens (including phenoxy) is 1. The van der Waals surface area contributed by atoms with Crippen molar-refractivity contribution < 1.29 is 9.84 Å². The Labute approximate surface area is 139 Å². The first-order chi connectivity index (χ1) is 11.0. The molecule has 0 saturated heterocycles. The van der Waals surface area contributed by atoms with E-state index in [2.05, 4.69) is 37.3 Å². The highest BCUT2D eigenvalue weighted by Gasteiger charge is 2.16. The van der Waals surface area contributed by atoms with Crippen molar-refractivity contribution in [3.05, 3.63) is 42.0 Å². The van der Waals surface area contributed by atoms with Gasteiger partial charge in [-0.15, -0.1) is 0 Å². The van der Waals surface area contributed by atoms with Gasteiger partial charge in [0, 0.05) is 5.54 Å². The van der Waals surface area contributed by atoms with E-state index >= 15 is 0 Å². The molecule has 0 aliphatic carbocycles. The number of aryl methyl sites for hydroxylation is 1. The van der Waals surface area contributed by atoms with Gasteiger partial charge >= 0.3 is 0 Å². The lowest BCUT2D eigenvalue weighted by molar-refractivity contribution is 0.200. The predicted molar refractivity (Wildman–Crippen MR) is 97.0 cm³/mol. The molecule has 0 heterocycles. The van der Waals surface area contributed by atoms with Gasteiger partial charge in [0.2, 0.25) is 0 Å². The third-order valence-corrected chi connectivity index (χ3v) is 4.24. The summed E-state index contributed by atoms with van der Waals surface area (Å²) in [5, 5.41) is 11.6. The largest absolute Gasteiger partial charge is 0.494 e. The maximum Gasteiger partial charge on any atom is 0.119 e. The molecule has 3 heteroatoms. The Kier molecular flexibility index (Phi) is 6.43. The van der Waals surface area contributed by atoms with E-state index in [9.17, 15) is 5.11 Å². The highest BCUT2D eigenvalue weighted by Crippen LogP contribution is 2.23. The Morgan fingerprint density at radius 3 is 2.57 bits per heavy atom. The monoisotopic (exact) mass is 315 g/mol. The van der Waals surface area contributed by atoms with Crippen molar-refractivity contribution in [2.24, 2.45) is 5.73 Å². The average Bonchev–Trinajstić information content (AvgIpc) is 2.57. The molecule has 126 valence electrons. The molecule has 0 fully saturated rings. The van der Waals surface area contributed by atoms with E-state index in [0.717, 1.165) is 31.6 Å². The molecule has 2 aromatic carbocycles. The van der Waals surface area contributed by atoms with Crippen molar-refractivity contribution >= 4 is 10.8 Å². The van der Waals surface area contributed by atoms with E-state index < -0.39 is 5.54 Å². The summed E-state index contributed by atoms with van der Waals surface area (Å²) in [6.07, 6.45) is 5.18. The van der Waals surface area contributed by atoms with Crippen LogP contribution in [0, 0.1) is 0 Å². The van der Waals surface area contributed by atoms with Gasteiger partial charge in [-0.3, -0.25) is 0 Å². The third kappa shape index (κ3) is 5.52. The van der Waals surface area contributed by atoms with Crippen LogP contribution in [0.3, 0.4) is 0 Å². The number of aliphatic hydroxyl groups excluding tert-OH is 1. The average molecular weight is 315 g/mol. The molecule has 1 unspecified atom stereocenters. The van der Waals surface area contributed by atoms with Crippen molar-refractivity contribution in [1.29, 1.82) is 0 Å². The van der Waals surface area contributed by atoms with Crippen LogP contribution in [0.15, 0.2) is 36.4 Å². The summed E-state index contributed by atoms with van der Waals surface area (Å²) in [4.78, 5) is 0. The lowest BCUT2D eigenvalue weighted by Crippen LogP contribution is -2.40. The van der Waals surface area contributed by atoms with Crippen molar-refractivity contribution in [1.82, 2.24) is 0 Å². The maximum atomic E-state index is 9.24. The fraction of sp³-hybridized carbons (Fsp3) is 0.500. The van der Waals surface area contributed by atoms with Crippen LogP contribution in [0.5, 0.6) is 5.75 Å². The first-order valence-electron chi connectivity index (χ1n) is 8.59. The summed E-state index contributed by atoms with van der Waals surface area (Å²) in [6.45, 7) is 4.88. The molecule has 2 rings (SSSR count). The molecule has 0 spiro atoms. The number of aliphatic hydroxyl groups is 1. The van der Waals surface area contributed by atoms with Gasteiger partial charge in [0.25, 0.3) is 0 Å². The summed E-state index contributed by atoms with van der Waals surface area (Å²) in [7, 11) is 0. The fourth-order valence-electron chi connectivity index (χ4n) is 2.57. The number of rotatable bonds is 9. The first-order valence-corrected chi connectivity index (χ1v) is 8.59. The van der Waals surface area contributed by atoms with E-state index in [-0.39, 0.29) is 6.61 Å². The third-order valence-electron chi connectivity index (χ3n) is 4.24. The van der Waals surface area contributed by atoms with Gasteiger partial charge in [-0.2, -0.15) is 0 Å². The van der Waals surface area contributed by atoms with Gasteiger partial charge in [-0.05, 0) is 54.7 Å². The molecule has 0 aromatic heterocycles. The minimum atomic E-state index is -0.509. The van der Waals surface area contributed by atoms with Crippen LogP contribution in [0.4, 0.5) is 0 Å². The quantitative estimate of drug-likeness (QED) is 0.686. The molecular formula is C20H29NO2. The molecule has 3 N–H and O–H groups in total. The topological polar surface area (TPSA) is 55.5 Å². The number of nitrogens with two attached hydrogens (primary N) is 1. The van der Waals surface area contributed by atoms with Crippen LogP contribution in [-0.4, -0.2) is 23.9 Å². The molecule has 2 aromatic rings. The summed E-state index contributed by atoms with van der Waals surface area (Å²) in [5.74, 6) is 0.941. The second-order valence-corrected chi connectivity index (χ2v) is 6.71. The maximum absolute atomic E-state index is 9.24. The normalized spacial score (nSPS) is 13.9. The van der Waals surface area contributed by atoms with Gasteiger partial charge in [0.05, 0.1) is 13.2 Å². The van der Waals surface area contributed by atoms with Crippen molar-refractivity contribution in [2.45, 2.75) is 51.5 Å². The molecular weight excluding hydrogens is 286 g/mol. The molecule has 0 aliphatic rings. The zero-order valence-corrected chi connectivity index (χ0v) is 14.3. The van der Waals surface area contributed by atoms with Crippen LogP contribution in [0.2, 0.25) is 0 Å². The van der Waals surface area contributed by atoms with Crippen LogP contribution in [0.1, 0.15) is 45.1 Å². The number of unbranched alkanes of at least 4 members (excludes halogenated alkanes) is 2. The Balaban J connectivity index is 2.01. The lowest BCUT2D eigenvalue weighted by Gasteiger charge is -2.21. The van der Waals surface area contributed by atoms with Gasteiger partial charge in [-0.25, -0.2) is 0 Å². The number of fused-ring (bicyclic) bond motifs is 1. The highest BCUT2D eigenvalue weighted by atomic mass is 16.5. The first kappa shape index (κ1) is 17.8. The zero-order chi connectivity index (χ0) is 16.7. The van der Waals surface area contributed by atoms with Gasteiger partial charge in [0.15, 0.2) is 0 Å². The molecule has 0 amide bonds. The number of hydrogen-bond donors (Lipinski definition) is 2. The summed E-state index contributed by atoms with van der Waals surface area (Å²) in [5.41, 5.74) is 6.74. The molecule has 0 aliphatic heterocycles. The molecule has 0 radical (unpaired) electrons. The summed E-state index contributed by atoms with van der Waals surface area (Å²) in [6, 6.07) is 12.7. The van der Waals surface area contributed by atoms with E-state index in [1.807, 2.05) is 13.0 Å². The Morgan fingerprint density at radius 2 is 1.83 bits per heavy atom. The second kappa shape index (κ2) is 8.32. The molecule has 3 nitrogen and oxygen atoms in total. The zero-order valence-electron chi connectivity index (χ0n) is 14.3. The Hall–Kier alpha value is -1.58. The Morgan fingerprint density at radius 1 is 1.09 bits per heavy atom. The summed E-state index contributed by atoms with van der Waals surface area (Å²) < 4.78 is 5.81. The van der Waals surface area contributed by atoms with E-state index in [1.54, 1.807) is 0 Å². The SMILES string of the molecule is CCCCCOc1ccc2cc(CCC(C)(N)CO)ccc2c1. The molecule has 0 saturated carbocycles. The van der Waals surface area contributed by atoms with E-state index in [0.29, 0.717) is 0 Å². The van der Waals surface area contributed by atoms with Crippen molar-refractivity contribution in [2.75, 3.05) is 13.2 Å². The highest BCUT2D eigenvalue weighted by molar-refractivity contribution is 5.84. The smallest absolute Gasteiger partial charge is 0.119 e. The predicted octanol–water partition coefficient (Wildman–Crippen LogP) is 4.05. The van der Waals surface area contributed by atoms with Gasteiger partial charge in [-0.1, -0.05) is 44.0 Å². The van der Waals surface area contributed by atoms with Gasteiger partial charge in [0.1, 0.15) is 5.75 Å². The molecule has 23 heavy (non-hydrogen) atoms. The fourth-order valence-corrected chi connectivity index (χ4v) is 2.57. The van der Waals surface area contributed by atoms with Crippen LogP contribution < -0.4 is 10.5 Å². The van der Waals surface area contributed by atoms with E-state index in [1.165, 1.54) is 29.2 Å². The number of benzene rings is 2. The minimum Gasteiger partial charge on any atom is -0.494 e. The minimum absolute atomic E-state index is 0.0132. The van der Waals surface area contributed by atoms with Crippen LogP contribution >= 0.6 is 0 Å². The second-order valence-electron chi connectivity index (χ2n) is 6.71. The van der Waals surface area contributed by atoms with Crippen molar-refractivity contribution in [3.63, 3.8) is 0 Å².